The molecule has 30 heavy (non-hydrogen) atoms. The molecule has 1 aromatic carbocycles. The molecule has 10 heteroatoms. The number of carbonyl (C=O) groups excluding carboxylic acids is 4. The lowest BCUT2D eigenvalue weighted by molar-refractivity contribution is -0.149. The van der Waals surface area contributed by atoms with Gasteiger partial charge in [0.05, 0.1) is 12.7 Å². The topological polar surface area (TPSA) is 137 Å². The van der Waals surface area contributed by atoms with Crippen molar-refractivity contribution < 1.29 is 28.7 Å². The fourth-order valence-corrected chi connectivity index (χ4v) is 3.04. The third-order valence-electron chi connectivity index (χ3n) is 3.78. The molecule has 0 aliphatic carbocycles. The van der Waals surface area contributed by atoms with Crippen molar-refractivity contribution in [2.75, 3.05) is 19.0 Å². The van der Waals surface area contributed by atoms with Crippen molar-refractivity contribution in [1.29, 1.82) is 0 Å². The van der Waals surface area contributed by atoms with Gasteiger partial charge < -0.3 is 25.8 Å². The zero-order valence-electron chi connectivity index (χ0n) is 16.3. The fraction of sp³-hybridized carbons (Fsp3) is 0.200. The van der Waals surface area contributed by atoms with Gasteiger partial charge in [0.1, 0.15) is 16.8 Å². The zero-order chi connectivity index (χ0) is 22.1. The van der Waals surface area contributed by atoms with E-state index in [0.29, 0.717) is 5.75 Å². The van der Waals surface area contributed by atoms with Gasteiger partial charge in [0.15, 0.2) is 6.61 Å². The molecule has 0 fully saturated rings. The van der Waals surface area contributed by atoms with Gasteiger partial charge in [-0.15, -0.1) is 11.3 Å². The standard InChI is InChI=1S/C20H21N3O6S/c1-12(22-16(24)8-5-13-3-6-14(28-2)7-4-13)20(27)29-11-17(25)23-19-15(18(21)26)9-10-30-19/h3-10,12H,11H2,1-2H3,(H2,21,26)(H,22,24)(H,23,25). The molecular formula is C20H21N3O6S. The Hall–Kier alpha value is -3.66. The first-order valence-corrected chi connectivity index (χ1v) is 9.64. The molecule has 2 aromatic rings. The summed E-state index contributed by atoms with van der Waals surface area (Å²) in [4.78, 5) is 47.1. The number of nitrogens with one attached hydrogen (secondary N) is 2. The van der Waals surface area contributed by atoms with Gasteiger partial charge in [-0.05, 0) is 42.1 Å². The lowest BCUT2D eigenvalue weighted by atomic mass is 10.2. The minimum Gasteiger partial charge on any atom is -0.497 e. The van der Waals surface area contributed by atoms with Crippen LogP contribution in [-0.2, 0) is 19.1 Å². The highest BCUT2D eigenvalue weighted by atomic mass is 32.1. The molecule has 0 radical (unpaired) electrons. The lowest BCUT2D eigenvalue weighted by Gasteiger charge is -2.12. The van der Waals surface area contributed by atoms with E-state index in [9.17, 15) is 19.2 Å². The molecule has 4 N–H and O–H groups in total. The molecular weight excluding hydrogens is 410 g/mol. The molecule has 1 atom stereocenters. The van der Waals surface area contributed by atoms with Gasteiger partial charge in [0.2, 0.25) is 5.91 Å². The zero-order valence-corrected chi connectivity index (χ0v) is 17.2. The first-order chi connectivity index (χ1) is 14.3. The highest BCUT2D eigenvalue weighted by Crippen LogP contribution is 2.22. The molecule has 9 nitrogen and oxygen atoms in total. The maximum atomic E-state index is 12.0. The van der Waals surface area contributed by atoms with Crippen LogP contribution in [0, 0.1) is 0 Å². The van der Waals surface area contributed by atoms with E-state index in [1.165, 1.54) is 19.1 Å². The monoisotopic (exact) mass is 431 g/mol. The number of rotatable bonds is 9. The van der Waals surface area contributed by atoms with Crippen LogP contribution in [-0.4, -0.2) is 43.4 Å². The number of hydrogen-bond acceptors (Lipinski definition) is 7. The Bertz CT molecular complexity index is 952. The molecule has 2 rings (SSSR count). The maximum Gasteiger partial charge on any atom is 0.328 e. The normalized spacial score (nSPS) is 11.5. The molecule has 0 saturated heterocycles. The summed E-state index contributed by atoms with van der Waals surface area (Å²) >= 11 is 1.12. The highest BCUT2D eigenvalue weighted by molar-refractivity contribution is 7.14. The molecule has 1 heterocycles. The Kier molecular flexibility index (Phi) is 8.12. The fourth-order valence-electron chi connectivity index (χ4n) is 2.23. The van der Waals surface area contributed by atoms with Crippen LogP contribution in [0.5, 0.6) is 5.75 Å². The average molecular weight is 431 g/mol. The number of primary amides is 1. The lowest BCUT2D eigenvalue weighted by Crippen LogP contribution is -2.39. The summed E-state index contributed by atoms with van der Waals surface area (Å²) in [6, 6.07) is 7.57. The van der Waals surface area contributed by atoms with Crippen molar-refractivity contribution in [1.82, 2.24) is 5.32 Å². The molecule has 158 valence electrons. The van der Waals surface area contributed by atoms with Gasteiger partial charge in [-0.1, -0.05) is 12.1 Å². The number of amides is 3. The quantitative estimate of drug-likeness (QED) is 0.407. The second kappa shape index (κ2) is 10.8. The summed E-state index contributed by atoms with van der Waals surface area (Å²) in [5.41, 5.74) is 6.15. The van der Waals surface area contributed by atoms with Crippen LogP contribution in [0.2, 0.25) is 0 Å². The van der Waals surface area contributed by atoms with E-state index in [0.717, 1.165) is 16.9 Å². The van der Waals surface area contributed by atoms with E-state index in [-0.39, 0.29) is 10.6 Å². The molecule has 1 unspecified atom stereocenters. The summed E-state index contributed by atoms with van der Waals surface area (Å²) in [5, 5.41) is 6.77. The number of nitrogens with two attached hydrogens (primary N) is 1. The number of hydrogen-bond donors (Lipinski definition) is 3. The Labute approximate surface area is 176 Å². The molecule has 1 aromatic heterocycles. The van der Waals surface area contributed by atoms with E-state index in [4.69, 9.17) is 15.2 Å². The maximum absolute atomic E-state index is 12.0. The van der Waals surface area contributed by atoms with Crippen LogP contribution >= 0.6 is 11.3 Å². The van der Waals surface area contributed by atoms with Crippen LogP contribution in [0.3, 0.4) is 0 Å². The van der Waals surface area contributed by atoms with Crippen molar-refractivity contribution in [3.63, 3.8) is 0 Å². The summed E-state index contributed by atoms with van der Waals surface area (Å²) in [6.07, 6.45) is 2.86. The average Bonchev–Trinajstić information content (AvgIpc) is 3.19. The van der Waals surface area contributed by atoms with Crippen molar-refractivity contribution in [2.24, 2.45) is 5.73 Å². The van der Waals surface area contributed by atoms with Gasteiger partial charge in [-0.3, -0.25) is 14.4 Å². The van der Waals surface area contributed by atoms with Gasteiger partial charge in [0, 0.05) is 6.08 Å². The summed E-state index contributed by atoms with van der Waals surface area (Å²) < 4.78 is 9.94. The van der Waals surface area contributed by atoms with Gasteiger partial charge >= 0.3 is 5.97 Å². The van der Waals surface area contributed by atoms with Crippen molar-refractivity contribution in [3.8, 4) is 5.75 Å². The Morgan fingerprint density at radius 1 is 1.17 bits per heavy atom. The predicted molar refractivity (Wildman–Crippen MR) is 112 cm³/mol. The first-order valence-electron chi connectivity index (χ1n) is 8.76. The summed E-state index contributed by atoms with van der Waals surface area (Å²) in [7, 11) is 1.56. The number of methoxy groups -OCH3 is 1. The largest absolute Gasteiger partial charge is 0.497 e. The minimum atomic E-state index is -0.964. The highest BCUT2D eigenvalue weighted by Gasteiger charge is 2.18. The van der Waals surface area contributed by atoms with Crippen molar-refractivity contribution >= 4 is 46.1 Å². The second-order valence-corrected chi connectivity index (χ2v) is 6.94. The third kappa shape index (κ3) is 6.74. The van der Waals surface area contributed by atoms with E-state index in [1.807, 2.05) is 0 Å². The smallest absolute Gasteiger partial charge is 0.328 e. The summed E-state index contributed by atoms with van der Waals surface area (Å²) in [5.74, 6) is -1.89. The number of benzene rings is 1. The Morgan fingerprint density at radius 2 is 1.87 bits per heavy atom. The Morgan fingerprint density at radius 3 is 2.50 bits per heavy atom. The van der Waals surface area contributed by atoms with E-state index in [1.54, 1.807) is 42.8 Å². The van der Waals surface area contributed by atoms with E-state index in [2.05, 4.69) is 10.6 Å². The predicted octanol–water partition coefficient (Wildman–Crippen LogP) is 1.56. The minimum absolute atomic E-state index is 0.170. The SMILES string of the molecule is COc1ccc(C=CC(=O)NC(C)C(=O)OCC(=O)Nc2sccc2C(N)=O)cc1. The molecule has 0 aliphatic rings. The number of esters is 1. The van der Waals surface area contributed by atoms with Crippen LogP contribution < -0.4 is 21.1 Å². The third-order valence-corrected chi connectivity index (χ3v) is 4.61. The molecule has 3 amide bonds. The van der Waals surface area contributed by atoms with Crippen LogP contribution in [0.1, 0.15) is 22.8 Å². The summed E-state index contributed by atoms with van der Waals surface area (Å²) in [6.45, 7) is 0.862. The van der Waals surface area contributed by atoms with Crippen molar-refractivity contribution in [2.45, 2.75) is 13.0 Å². The molecule has 0 saturated carbocycles. The Balaban J connectivity index is 1.78. The number of thiophene rings is 1. The van der Waals surface area contributed by atoms with Gasteiger partial charge in [0.25, 0.3) is 11.8 Å². The molecule has 0 bridgehead atoms. The van der Waals surface area contributed by atoms with E-state index >= 15 is 0 Å². The number of ether oxygens (including phenoxy) is 2. The number of anilines is 1. The second-order valence-electron chi connectivity index (χ2n) is 6.02. The molecule has 0 spiro atoms. The first kappa shape index (κ1) is 22.6. The molecule has 0 aliphatic heterocycles. The van der Waals surface area contributed by atoms with Crippen LogP contribution in [0.25, 0.3) is 6.08 Å². The van der Waals surface area contributed by atoms with Crippen molar-refractivity contribution in [3.05, 3.63) is 52.9 Å². The van der Waals surface area contributed by atoms with Crippen LogP contribution in [0.4, 0.5) is 5.00 Å². The van der Waals surface area contributed by atoms with Gasteiger partial charge in [-0.2, -0.15) is 0 Å². The van der Waals surface area contributed by atoms with E-state index < -0.39 is 36.3 Å². The number of carbonyl (C=O) groups is 4. The van der Waals surface area contributed by atoms with Crippen LogP contribution in [0.15, 0.2) is 41.8 Å². The van der Waals surface area contributed by atoms with Gasteiger partial charge in [-0.25, -0.2) is 4.79 Å².